The first-order valence-electron chi connectivity index (χ1n) is 5.36. The van der Waals surface area contributed by atoms with Crippen molar-refractivity contribution in [2.75, 3.05) is 6.54 Å². The first-order valence-corrected chi connectivity index (χ1v) is 5.36. The van der Waals surface area contributed by atoms with Gasteiger partial charge in [0, 0.05) is 12.6 Å². The lowest BCUT2D eigenvalue weighted by atomic mass is 10.1. The second kappa shape index (κ2) is 5.25. The molecule has 0 heterocycles. The molecule has 0 amide bonds. The second-order valence-corrected chi connectivity index (χ2v) is 4.06. The quantitative estimate of drug-likeness (QED) is 0.858. The van der Waals surface area contributed by atoms with E-state index in [2.05, 4.69) is 4.90 Å². The van der Waals surface area contributed by atoms with Crippen LogP contribution in [0, 0.1) is 11.6 Å². The molecule has 90 valence electrons. The van der Waals surface area contributed by atoms with Crippen LogP contribution in [0.25, 0.3) is 0 Å². The third-order valence-corrected chi connectivity index (χ3v) is 2.60. The summed E-state index contributed by atoms with van der Waals surface area (Å²) >= 11 is 0. The van der Waals surface area contributed by atoms with E-state index in [0.717, 1.165) is 6.54 Å². The van der Waals surface area contributed by atoms with E-state index in [1.54, 1.807) is 0 Å². The Morgan fingerprint density at radius 3 is 2.12 bits per heavy atom. The maximum absolute atomic E-state index is 13.1. The van der Waals surface area contributed by atoms with E-state index < -0.39 is 17.4 Å². The van der Waals surface area contributed by atoms with Crippen molar-refractivity contribution in [3.63, 3.8) is 0 Å². The van der Waals surface area contributed by atoms with Gasteiger partial charge in [0.15, 0.2) is 17.4 Å². The van der Waals surface area contributed by atoms with Gasteiger partial charge in [-0.1, -0.05) is 6.92 Å². The minimum Gasteiger partial charge on any atom is -0.503 e. The van der Waals surface area contributed by atoms with Crippen molar-refractivity contribution >= 4 is 0 Å². The highest BCUT2D eigenvalue weighted by atomic mass is 19.1. The van der Waals surface area contributed by atoms with E-state index in [4.69, 9.17) is 5.11 Å². The Labute approximate surface area is 94.5 Å². The highest BCUT2D eigenvalue weighted by molar-refractivity contribution is 5.30. The van der Waals surface area contributed by atoms with E-state index in [1.807, 2.05) is 20.8 Å². The first kappa shape index (κ1) is 12.9. The third-order valence-electron chi connectivity index (χ3n) is 2.60. The van der Waals surface area contributed by atoms with Crippen molar-refractivity contribution in [2.24, 2.45) is 0 Å². The van der Waals surface area contributed by atoms with Crippen molar-refractivity contribution in [1.82, 2.24) is 4.90 Å². The summed E-state index contributed by atoms with van der Waals surface area (Å²) in [6.07, 6.45) is 0. The molecule has 0 saturated carbocycles. The molecule has 0 aromatic heterocycles. The summed E-state index contributed by atoms with van der Waals surface area (Å²) in [4.78, 5) is 2.07. The highest BCUT2D eigenvalue weighted by Gasteiger charge is 2.13. The molecule has 0 unspecified atom stereocenters. The molecule has 0 spiro atoms. The number of phenolic OH excluding ortho intramolecular Hbond substituents is 1. The maximum Gasteiger partial charge on any atom is 0.187 e. The number of phenols is 1. The largest absolute Gasteiger partial charge is 0.503 e. The van der Waals surface area contributed by atoms with Crippen LogP contribution in [0.2, 0.25) is 0 Å². The monoisotopic (exact) mass is 229 g/mol. The molecule has 2 nitrogen and oxygen atoms in total. The van der Waals surface area contributed by atoms with E-state index in [9.17, 15) is 8.78 Å². The van der Waals surface area contributed by atoms with Gasteiger partial charge in [-0.2, -0.15) is 0 Å². The van der Waals surface area contributed by atoms with Gasteiger partial charge in [0.25, 0.3) is 0 Å². The number of halogens is 2. The van der Waals surface area contributed by atoms with Crippen molar-refractivity contribution in [3.8, 4) is 5.75 Å². The maximum atomic E-state index is 13.1. The minimum atomic E-state index is -0.908. The van der Waals surface area contributed by atoms with E-state index >= 15 is 0 Å². The molecular formula is C12H17F2NO. The molecule has 0 fully saturated rings. The molecule has 0 radical (unpaired) electrons. The fraction of sp³-hybridized carbons (Fsp3) is 0.500. The Morgan fingerprint density at radius 2 is 1.75 bits per heavy atom. The fourth-order valence-electron chi connectivity index (χ4n) is 1.60. The lowest BCUT2D eigenvalue weighted by molar-refractivity contribution is 0.224. The van der Waals surface area contributed by atoms with Gasteiger partial charge < -0.3 is 5.11 Å². The molecule has 16 heavy (non-hydrogen) atoms. The van der Waals surface area contributed by atoms with Crippen LogP contribution < -0.4 is 0 Å². The van der Waals surface area contributed by atoms with Gasteiger partial charge in [-0.25, -0.2) is 8.78 Å². The summed E-state index contributed by atoms with van der Waals surface area (Å²) in [5.41, 5.74) is 0.531. The van der Waals surface area contributed by atoms with E-state index in [0.29, 0.717) is 18.2 Å². The van der Waals surface area contributed by atoms with Crippen LogP contribution in [0.3, 0.4) is 0 Å². The van der Waals surface area contributed by atoms with Crippen LogP contribution in [-0.2, 0) is 6.54 Å². The zero-order valence-electron chi connectivity index (χ0n) is 9.80. The summed E-state index contributed by atoms with van der Waals surface area (Å²) in [7, 11) is 0. The molecule has 1 aromatic rings. The van der Waals surface area contributed by atoms with Crippen molar-refractivity contribution in [1.29, 1.82) is 0 Å². The third kappa shape index (κ3) is 2.92. The molecule has 1 rings (SSSR count). The summed E-state index contributed by atoms with van der Waals surface area (Å²) in [6, 6.07) is 2.65. The van der Waals surface area contributed by atoms with Crippen LogP contribution in [-0.4, -0.2) is 22.6 Å². The summed E-state index contributed by atoms with van der Waals surface area (Å²) in [5.74, 6) is -2.72. The van der Waals surface area contributed by atoms with Gasteiger partial charge in [0.1, 0.15) is 0 Å². The summed E-state index contributed by atoms with van der Waals surface area (Å²) in [6.45, 7) is 7.32. The smallest absolute Gasteiger partial charge is 0.187 e. The first-order chi connectivity index (χ1) is 7.45. The summed E-state index contributed by atoms with van der Waals surface area (Å²) in [5, 5.41) is 8.97. The van der Waals surface area contributed by atoms with Gasteiger partial charge >= 0.3 is 0 Å². The van der Waals surface area contributed by atoms with Crippen LogP contribution in [0.5, 0.6) is 5.75 Å². The van der Waals surface area contributed by atoms with Crippen LogP contribution >= 0.6 is 0 Å². The molecule has 0 aliphatic rings. The highest BCUT2D eigenvalue weighted by Crippen LogP contribution is 2.22. The predicted octanol–water partition coefficient (Wildman–Crippen LogP) is 2.90. The molecule has 1 aromatic carbocycles. The lowest BCUT2D eigenvalue weighted by Crippen LogP contribution is -2.30. The Hall–Kier alpha value is -1.16. The van der Waals surface area contributed by atoms with Gasteiger partial charge in [-0.3, -0.25) is 4.90 Å². The number of hydrogen-bond donors (Lipinski definition) is 1. The number of hydrogen-bond acceptors (Lipinski definition) is 2. The SMILES string of the molecule is CCN(Cc1cc(F)c(O)c(F)c1)C(C)C. The Kier molecular flexibility index (Phi) is 4.24. The molecule has 4 heteroatoms. The topological polar surface area (TPSA) is 23.5 Å². The van der Waals surface area contributed by atoms with Gasteiger partial charge in [-0.05, 0) is 38.1 Å². The average Bonchev–Trinajstić information content (AvgIpc) is 2.21. The molecule has 0 saturated heterocycles. The zero-order chi connectivity index (χ0) is 12.3. The summed E-state index contributed by atoms with van der Waals surface area (Å²) < 4.78 is 26.2. The molecular weight excluding hydrogens is 212 g/mol. The molecule has 0 aliphatic heterocycles. The van der Waals surface area contributed by atoms with Gasteiger partial charge in [0.2, 0.25) is 0 Å². The van der Waals surface area contributed by atoms with E-state index in [-0.39, 0.29) is 0 Å². The number of nitrogens with zero attached hydrogens (tertiary/aromatic N) is 1. The second-order valence-electron chi connectivity index (χ2n) is 4.06. The van der Waals surface area contributed by atoms with Crippen molar-refractivity contribution in [3.05, 3.63) is 29.3 Å². The van der Waals surface area contributed by atoms with E-state index in [1.165, 1.54) is 12.1 Å². The molecule has 1 N–H and O–H groups in total. The Balaban J connectivity index is 2.89. The van der Waals surface area contributed by atoms with Crippen LogP contribution in [0.15, 0.2) is 12.1 Å². The molecule has 0 bridgehead atoms. The van der Waals surface area contributed by atoms with Gasteiger partial charge in [-0.15, -0.1) is 0 Å². The standard InChI is InChI=1S/C12H17F2NO/c1-4-15(8(2)3)7-9-5-10(13)12(16)11(14)6-9/h5-6,8,16H,4,7H2,1-3H3. The molecule has 0 atom stereocenters. The number of benzene rings is 1. The van der Waals surface area contributed by atoms with Crippen LogP contribution in [0.1, 0.15) is 26.3 Å². The number of rotatable bonds is 4. The zero-order valence-corrected chi connectivity index (χ0v) is 9.80. The molecule has 0 aliphatic carbocycles. The normalized spacial score (nSPS) is 11.4. The van der Waals surface area contributed by atoms with Crippen molar-refractivity contribution < 1.29 is 13.9 Å². The minimum absolute atomic E-state index is 0.310. The Bertz CT molecular complexity index is 343. The Morgan fingerprint density at radius 1 is 1.25 bits per heavy atom. The van der Waals surface area contributed by atoms with Crippen molar-refractivity contribution in [2.45, 2.75) is 33.4 Å². The number of aromatic hydroxyl groups is 1. The fourth-order valence-corrected chi connectivity index (χ4v) is 1.60. The van der Waals surface area contributed by atoms with Gasteiger partial charge in [0.05, 0.1) is 0 Å². The average molecular weight is 229 g/mol. The predicted molar refractivity (Wildman–Crippen MR) is 59.2 cm³/mol. The lowest BCUT2D eigenvalue weighted by Gasteiger charge is -2.24. The van der Waals surface area contributed by atoms with Crippen LogP contribution in [0.4, 0.5) is 8.78 Å².